The third kappa shape index (κ3) is 4.21. The van der Waals surface area contributed by atoms with E-state index in [1.165, 1.54) is 0 Å². The lowest BCUT2D eigenvalue weighted by atomic mass is 9.87. The van der Waals surface area contributed by atoms with Crippen LogP contribution < -0.4 is 10.1 Å². The van der Waals surface area contributed by atoms with Gasteiger partial charge in [-0.1, -0.05) is 11.6 Å². The standard InChI is InChI=1S/C18H21ClN4O2/c19-17-5-6-20-18(22-17)21-13-1-3-15(4-2-13)25-16-11-14(12-16)23-7-9-24-10-8-23/h1-6,14,16H,7-12H2,(H,20,21,22). The Bertz CT molecular complexity index is 700. The molecule has 132 valence electrons. The number of benzene rings is 1. The van der Waals surface area contributed by atoms with Gasteiger partial charge in [-0.25, -0.2) is 9.97 Å². The number of ether oxygens (including phenoxy) is 2. The van der Waals surface area contributed by atoms with Crippen molar-refractivity contribution in [3.63, 3.8) is 0 Å². The number of rotatable bonds is 5. The molecule has 0 radical (unpaired) electrons. The average Bonchev–Trinajstić information content (AvgIpc) is 2.60. The van der Waals surface area contributed by atoms with Gasteiger partial charge in [-0.3, -0.25) is 4.90 Å². The zero-order valence-electron chi connectivity index (χ0n) is 13.9. The van der Waals surface area contributed by atoms with Crippen molar-refractivity contribution in [2.75, 3.05) is 31.6 Å². The molecule has 7 heteroatoms. The molecule has 0 atom stereocenters. The first kappa shape index (κ1) is 16.6. The Morgan fingerprint density at radius 2 is 1.88 bits per heavy atom. The fraction of sp³-hybridized carbons (Fsp3) is 0.444. The Kier molecular flexibility index (Phi) is 5.01. The highest BCUT2D eigenvalue weighted by atomic mass is 35.5. The largest absolute Gasteiger partial charge is 0.490 e. The van der Waals surface area contributed by atoms with Gasteiger partial charge in [-0.2, -0.15) is 0 Å². The minimum absolute atomic E-state index is 0.308. The fourth-order valence-corrected chi connectivity index (χ4v) is 3.35. The lowest BCUT2D eigenvalue weighted by Gasteiger charge is -2.44. The molecule has 2 heterocycles. The number of nitrogens with zero attached hydrogens (tertiary/aromatic N) is 3. The van der Waals surface area contributed by atoms with Crippen LogP contribution in [0.1, 0.15) is 12.8 Å². The molecule has 2 aromatic rings. The van der Waals surface area contributed by atoms with Crippen molar-refractivity contribution in [2.45, 2.75) is 25.0 Å². The van der Waals surface area contributed by atoms with Crippen LogP contribution in [0.15, 0.2) is 36.5 Å². The minimum Gasteiger partial charge on any atom is -0.490 e. The second-order valence-corrected chi connectivity index (χ2v) is 6.75. The third-order valence-electron chi connectivity index (χ3n) is 4.67. The van der Waals surface area contributed by atoms with Gasteiger partial charge in [0.1, 0.15) is 17.0 Å². The van der Waals surface area contributed by atoms with Crippen LogP contribution in [0.5, 0.6) is 5.75 Å². The molecular weight excluding hydrogens is 340 g/mol. The number of hydrogen-bond donors (Lipinski definition) is 1. The summed E-state index contributed by atoms with van der Waals surface area (Å²) >= 11 is 5.86. The molecule has 2 aliphatic rings. The van der Waals surface area contributed by atoms with E-state index in [4.69, 9.17) is 21.1 Å². The fourth-order valence-electron chi connectivity index (χ4n) is 3.21. The first-order valence-corrected chi connectivity index (χ1v) is 8.98. The van der Waals surface area contributed by atoms with Crippen molar-refractivity contribution in [1.29, 1.82) is 0 Å². The highest BCUT2D eigenvalue weighted by molar-refractivity contribution is 6.29. The van der Waals surface area contributed by atoms with E-state index in [0.717, 1.165) is 50.6 Å². The van der Waals surface area contributed by atoms with Crippen LogP contribution in [-0.4, -0.2) is 53.3 Å². The SMILES string of the molecule is Clc1ccnc(Nc2ccc(OC3CC(N4CCOCC4)C3)cc2)n1. The van der Waals surface area contributed by atoms with Gasteiger partial charge in [0.2, 0.25) is 5.95 Å². The van der Waals surface area contributed by atoms with Crippen LogP contribution in [0.2, 0.25) is 5.15 Å². The molecule has 0 amide bonds. The summed E-state index contributed by atoms with van der Waals surface area (Å²) in [5.74, 6) is 1.37. The van der Waals surface area contributed by atoms with Gasteiger partial charge in [0.15, 0.2) is 0 Å². The highest BCUT2D eigenvalue weighted by Crippen LogP contribution is 2.31. The van der Waals surface area contributed by atoms with Gasteiger partial charge in [-0.15, -0.1) is 0 Å². The molecule has 0 spiro atoms. The molecule has 1 saturated heterocycles. The van der Waals surface area contributed by atoms with E-state index in [1.807, 2.05) is 24.3 Å². The quantitative estimate of drug-likeness (QED) is 0.827. The molecule has 1 aromatic heterocycles. The van der Waals surface area contributed by atoms with Crippen molar-refractivity contribution in [3.8, 4) is 5.75 Å². The van der Waals surface area contributed by atoms with Crippen molar-refractivity contribution in [3.05, 3.63) is 41.7 Å². The van der Waals surface area contributed by atoms with Gasteiger partial charge in [-0.05, 0) is 30.3 Å². The predicted octanol–water partition coefficient (Wildman–Crippen LogP) is 3.12. The maximum absolute atomic E-state index is 6.06. The summed E-state index contributed by atoms with van der Waals surface area (Å²) in [5.41, 5.74) is 0.898. The maximum Gasteiger partial charge on any atom is 0.228 e. The molecule has 4 rings (SSSR count). The highest BCUT2D eigenvalue weighted by Gasteiger charge is 2.35. The van der Waals surface area contributed by atoms with Gasteiger partial charge in [0, 0.05) is 43.9 Å². The molecule has 1 aromatic carbocycles. The normalized spacial score (nSPS) is 23.7. The molecule has 1 aliphatic heterocycles. The van der Waals surface area contributed by atoms with Crippen LogP contribution in [0.4, 0.5) is 11.6 Å². The summed E-state index contributed by atoms with van der Waals surface area (Å²) in [6.07, 6.45) is 4.12. The van der Waals surface area contributed by atoms with E-state index in [2.05, 4.69) is 20.2 Å². The zero-order chi connectivity index (χ0) is 17.1. The van der Waals surface area contributed by atoms with Gasteiger partial charge in [0.05, 0.1) is 13.2 Å². The van der Waals surface area contributed by atoms with Crippen molar-refractivity contribution < 1.29 is 9.47 Å². The monoisotopic (exact) mass is 360 g/mol. The molecule has 1 aliphatic carbocycles. The van der Waals surface area contributed by atoms with Crippen LogP contribution in [0.3, 0.4) is 0 Å². The summed E-state index contributed by atoms with van der Waals surface area (Å²) in [6.45, 7) is 3.80. The summed E-state index contributed by atoms with van der Waals surface area (Å²) in [7, 11) is 0. The average molecular weight is 361 g/mol. The van der Waals surface area contributed by atoms with Crippen molar-refractivity contribution in [2.24, 2.45) is 0 Å². The van der Waals surface area contributed by atoms with Crippen LogP contribution in [-0.2, 0) is 4.74 Å². The Balaban J connectivity index is 1.27. The lowest BCUT2D eigenvalue weighted by molar-refractivity contribution is -0.0373. The van der Waals surface area contributed by atoms with Gasteiger partial charge < -0.3 is 14.8 Å². The van der Waals surface area contributed by atoms with Crippen molar-refractivity contribution >= 4 is 23.2 Å². The first-order chi connectivity index (χ1) is 12.3. The van der Waals surface area contributed by atoms with Crippen LogP contribution in [0.25, 0.3) is 0 Å². The summed E-state index contributed by atoms with van der Waals surface area (Å²) in [6, 6.07) is 10.1. The summed E-state index contributed by atoms with van der Waals surface area (Å²) < 4.78 is 11.5. The van der Waals surface area contributed by atoms with Crippen LogP contribution >= 0.6 is 11.6 Å². The van der Waals surface area contributed by atoms with E-state index < -0.39 is 0 Å². The Labute approximate surface area is 152 Å². The third-order valence-corrected chi connectivity index (χ3v) is 4.88. The van der Waals surface area contributed by atoms with Crippen LogP contribution in [0, 0.1) is 0 Å². The predicted molar refractivity (Wildman–Crippen MR) is 96.6 cm³/mol. The first-order valence-electron chi connectivity index (χ1n) is 8.60. The van der Waals surface area contributed by atoms with Gasteiger partial charge in [0.25, 0.3) is 0 Å². The second-order valence-electron chi connectivity index (χ2n) is 6.37. The second kappa shape index (κ2) is 7.56. The number of aromatic nitrogens is 2. The van der Waals surface area contributed by atoms with E-state index in [1.54, 1.807) is 12.3 Å². The van der Waals surface area contributed by atoms with E-state index in [9.17, 15) is 0 Å². The van der Waals surface area contributed by atoms with E-state index in [-0.39, 0.29) is 0 Å². The van der Waals surface area contributed by atoms with E-state index in [0.29, 0.717) is 23.2 Å². The Morgan fingerprint density at radius 1 is 1.12 bits per heavy atom. The Hall–Kier alpha value is -1.89. The van der Waals surface area contributed by atoms with Crippen molar-refractivity contribution in [1.82, 2.24) is 14.9 Å². The number of morpholine rings is 1. The lowest BCUT2D eigenvalue weighted by Crippen LogP contribution is -2.52. The van der Waals surface area contributed by atoms with Gasteiger partial charge >= 0.3 is 0 Å². The minimum atomic E-state index is 0.308. The number of hydrogen-bond acceptors (Lipinski definition) is 6. The smallest absolute Gasteiger partial charge is 0.228 e. The number of nitrogens with one attached hydrogen (secondary N) is 1. The molecule has 6 nitrogen and oxygen atoms in total. The number of halogens is 1. The molecule has 0 bridgehead atoms. The summed E-state index contributed by atoms with van der Waals surface area (Å²) in [5, 5.41) is 3.54. The molecule has 2 fully saturated rings. The zero-order valence-corrected chi connectivity index (χ0v) is 14.7. The molecular formula is C18H21ClN4O2. The number of anilines is 2. The molecule has 0 unspecified atom stereocenters. The summed E-state index contributed by atoms with van der Waals surface area (Å²) in [4.78, 5) is 10.8. The topological polar surface area (TPSA) is 59.5 Å². The maximum atomic E-state index is 6.06. The molecule has 25 heavy (non-hydrogen) atoms. The molecule has 1 N–H and O–H groups in total. The van der Waals surface area contributed by atoms with E-state index >= 15 is 0 Å². The molecule has 1 saturated carbocycles. The Morgan fingerprint density at radius 3 is 2.60 bits per heavy atom.